The normalized spacial score (nSPS) is 10.9. The van der Waals surface area contributed by atoms with Crippen LogP contribution < -0.4 is 0 Å². The van der Waals surface area contributed by atoms with Crippen LogP contribution in [-0.2, 0) is 9.53 Å². The van der Waals surface area contributed by atoms with Crippen molar-refractivity contribution in [2.75, 3.05) is 6.61 Å². The number of carbonyl (C=O) groups is 1. The lowest BCUT2D eigenvalue weighted by Gasteiger charge is -2.18. The summed E-state index contributed by atoms with van der Waals surface area (Å²) in [6.45, 7) is 5.37. The molecular formula is C8H14O3S. The van der Waals surface area contributed by atoms with Crippen molar-refractivity contribution in [2.24, 2.45) is 5.41 Å². The Bertz CT molecular complexity index is 187. The summed E-state index contributed by atoms with van der Waals surface area (Å²) in [6.07, 6.45) is 0.469. The fourth-order valence-electron chi connectivity index (χ4n) is 0.557. The number of rotatable bonds is 4. The highest BCUT2D eigenvalue weighted by Gasteiger charge is 2.26. The van der Waals surface area contributed by atoms with Gasteiger partial charge in [0.15, 0.2) is 5.05 Å². The lowest BCUT2D eigenvalue weighted by atomic mass is 9.90. The van der Waals surface area contributed by atoms with Gasteiger partial charge in [0.2, 0.25) is 0 Å². The molecule has 0 aromatic carbocycles. The van der Waals surface area contributed by atoms with E-state index in [2.05, 4.69) is 12.2 Å². The SMILES string of the molecule is CC(=S)OCCC(C)(C)C(=O)O. The van der Waals surface area contributed by atoms with Crippen LogP contribution in [-0.4, -0.2) is 22.7 Å². The van der Waals surface area contributed by atoms with Crippen LogP contribution >= 0.6 is 12.2 Å². The number of thiocarbonyl (C=S) groups is 1. The monoisotopic (exact) mass is 190 g/mol. The molecule has 0 fully saturated rings. The molecule has 12 heavy (non-hydrogen) atoms. The minimum Gasteiger partial charge on any atom is -0.487 e. The van der Waals surface area contributed by atoms with Crippen molar-refractivity contribution >= 4 is 23.2 Å². The number of carboxylic acid groups (broad SMARTS) is 1. The van der Waals surface area contributed by atoms with Gasteiger partial charge in [0.1, 0.15) is 0 Å². The van der Waals surface area contributed by atoms with E-state index in [1.807, 2.05) is 0 Å². The number of carboxylic acids is 1. The van der Waals surface area contributed by atoms with Gasteiger partial charge < -0.3 is 9.84 Å². The summed E-state index contributed by atoms with van der Waals surface area (Å²) in [6, 6.07) is 0. The first-order chi connectivity index (χ1) is 5.36. The molecule has 70 valence electrons. The molecule has 0 aliphatic heterocycles. The van der Waals surface area contributed by atoms with E-state index >= 15 is 0 Å². The molecule has 0 aromatic rings. The maximum absolute atomic E-state index is 10.6. The maximum atomic E-state index is 10.6. The second-order valence-electron chi connectivity index (χ2n) is 3.28. The third-order valence-electron chi connectivity index (χ3n) is 1.61. The maximum Gasteiger partial charge on any atom is 0.309 e. The third kappa shape index (κ3) is 4.28. The van der Waals surface area contributed by atoms with Crippen molar-refractivity contribution in [3.63, 3.8) is 0 Å². The minimum absolute atomic E-state index is 0.370. The molecule has 0 saturated heterocycles. The smallest absolute Gasteiger partial charge is 0.309 e. The molecular weight excluding hydrogens is 176 g/mol. The van der Waals surface area contributed by atoms with E-state index in [9.17, 15) is 4.79 Å². The van der Waals surface area contributed by atoms with Gasteiger partial charge in [-0.3, -0.25) is 4.79 Å². The van der Waals surface area contributed by atoms with Gasteiger partial charge in [-0.15, -0.1) is 0 Å². The van der Waals surface area contributed by atoms with Crippen molar-refractivity contribution in [3.05, 3.63) is 0 Å². The fraction of sp³-hybridized carbons (Fsp3) is 0.750. The van der Waals surface area contributed by atoms with Gasteiger partial charge in [-0.25, -0.2) is 0 Å². The van der Waals surface area contributed by atoms with E-state index in [0.717, 1.165) is 0 Å². The molecule has 0 aliphatic carbocycles. The predicted molar refractivity (Wildman–Crippen MR) is 50.3 cm³/mol. The number of hydrogen-bond donors (Lipinski definition) is 1. The zero-order chi connectivity index (χ0) is 9.78. The van der Waals surface area contributed by atoms with Crippen molar-refractivity contribution in [1.29, 1.82) is 0 Å². The molecule has 0 saturated carbocycles. The van der Waals surface area contributed by atoms with Crippen LogP contribution in [0.2, 0.25) is 0 Å². The lowest BCUT2D eigenvalue weighted by Crippen LogP contribution is -2.25. The zero-order valence-corrected chi connectivity index (χ0v) is 8.40. The molecule has 0 spiro atoms. The van der Waals surface area contributed by atoms with Gasteiger partial charge in [-0.05, 0) is 32.5 Å². The summed E-state index contributed by atoms with van der Waals surface area (Å²) in [5.41, 5.74) is -0.731. The highest BCUT2D eigenvalue weighted by atomic mass is 32.1. The molecule has 0 heterocycles. The Balaban J connectivity index is 3.76. The van der Waals surface area contributed by atoms with E-state index in [1.54, 1.807) is 20.8 Å². The molecule has 1 N–H and O–H groups in total. The van der Waals surface area contributed by atoms with Crippen LogP contribution in [0.4, 0.5) is 0 Å². The number of ether oxygens (including phenoxy) is 1. The molecule has 0 bridgehead atoms. The molecule has 0 radical (unpaired) electrons. The summed E-state index contributed by atoms with van der Waals surface area (Å²) in [5, 5.41) is 9.17. The van der Waals surface area contributed by atoms with Crippen molar-refractivity contribution in [3.8, 4) is 0 Å². The molecule has 0 amide bonds. The highest BCUT2D eigenvalue weighted by molar-refractivity contribution is 7.80. The van der Waals surface area contributed by atoms with Gasteiger partial charge in [-0.1, -0.05) is 0 Å². The first-order valence-electron chi connectivity index (χ1n) is 3.73. The summed E-state index contributed by atoms with van der Waals surface area (Å²) >= 11 is 4.68. The summed E-state index contributed by atoms with van der Waals surface area (Å²) in [5.74, 6) is -0.812. The second-order valence-corrected chi connectivity index (χ2v) is 3.85. The molecule has 4 heteroatoms. The van der Waals surface area contributed by atoms with Crippen LogP contribution in [0.1, 0.15) is 27.2 Å². The molecule has 0 aromatic heterocycles. The number of aliphatic carboxylic acids is 1. The van der Waals surface area contributed by atoms with Gasteiger partial charge >= 0.3 is 5.97 Å². The van der Waals surface area contributed by atoms with Crippen LogP contribution in [0.3, 0.4) is 0 Å². The minimum atomic E-state index is -0.812. The van der Waals surface area contributed by atoms with E-state index in [1.165, 1.54) is 0 Å². The van der Waals surface area contributed by atoms with Gasteiger partial charge in [0, 0.05) is 6.92 Å². The van der Waals surface area contributed by atoms with Crippen LogP contribution in [0, 0.1) is 5.41 Å². The third-order valence-corrected chi connectivity index (χ3v) is 1.73. The lowest BCUT2D eigenvalue weighted by molar-refractivity contribution is -0.147. The van der Waals surface area contributed by atoms with Crippen LogP contribution in [0.25, 0.3) is 0 Å². The Kier molecular flexibility index (Phi) is 4.17. The molecule has 0 aliphatic rings. The Morgan fingerprint density at radius 2 is 2.08 bits per heavy atom. The van der Waals surface area contributed by atoms with Crippen LogP contribution in [0.5, 0.6) is 0 Å². The standard InChI is InChI=1S/C8H14O3S/c1-6(12)11-5-4-8(2,3)7(9)10/h4-5H2,1-3H3,(H,9,10). The van der Waals surface area contributed by atoms with Gasteiger partial charge in [0.05, 0.1) is 12.0 Å². The van der Waals surface area contributed by atoms with E-state index in [-0.39, 0.29) is 0 Å². The number of hydrogen-bond acceptors (Lipinski definition) is 3. The van der Waals surface area contributed by atoms with E-state index < -0.39 is 11.4 Å². The molecule has 0 atom stereocenters. The first-order valence-corrected chi connectivity index (χ1v) is 4.14. The molecule has 0 rings (SSSR count). The average Bonchev–Trinajstić information content (AvgIpc) is 1.85. The zero-order valence-electron chi connectivity index (χ0n) is 7.59. The Labute approximate surface area is 77.7 Å². The van der Waals surface area contributed by atoms with Gasteiger partial charge in [-0.2, -0.15) is 0 Å². The summed E-state index contributed by atoms with van der Waals surface area (Å²) in [7, 11) is 0. The summed E-state index contributed by atoms with van der Waals surface area (Å²) in [4.78, 5) is 10.6. The topological polar surface area (TPSA) is 46.5 Å². The first kappa shape index (κ1) is 11.4. The summed E-state index contributed by atoms with van der Waals surface area (Å²) < 4.78 is 5.00. The highest BCUT2D eigenvalue weighted by Crippen LogP contribution is 2.19. The van der Waals surface area contributed by atoms with Crippen molar-refractivity contribution < 1.29 is 14.6 Å². The van der Waals surface area contributed by atoms with E-state index in [0.29, 0.717) is 18.1 Å². The van der Waals surface area contributed by atoms with Crippen molar-refractivity contribution in [1.82, 2.24) is 0 Å². The Hall–Kier alpha value is -0.640. The average molecular weight is 190 g/mol. The molecule has 0 unspecified atom stereocenters. The second kappa shape index (κ2) is 4.40. The van der Waals surface area contributed by atoms with Gasteiger partial charge in [0.25, 0.3) is 0 Å². The largest absolute Gasteiger partial charge is 0.487 e. The van der Waals surface area contributed by atoms with Crippen molar-refractivity contribution in [2.45, 2.75) is 27.2 Å². The predicted octanol–water partition coefficient (Wildman–Crippen LogP) is 1.85. The Morgan fingerprint density at radius 3 is 2.42 bits per heavy atom. The Morgan fingerprint density at radius 1 is 1.58 bits per heavy atom. The quantitative estimate of drug-likeness (QED) is 0.687. The molecule has 3 nitrogen and oxygen atoms in total. The van der Waals surface area contributed by atoms with Crippen LogP contribution in [0.15, 0.2) is 0 Å². The fourth-order valence-corrected chi connectivity index (χ4v) is 0.640. The van der Waals surface area contributed by atoms with E-state index in [4.69, 9.17) is 9.84 Å².